The zero-order chi connectivity index (χ0) is 31.6. The van der Waals surface area contributed by atoms with Gasteiger partial charge >= 0.3 is 0 Å². The zero-order valence-corrected chi connectivity index (χ0v) is 26.3. The maximum Gasteiger partial charge on any atom is 0.164 e. The van der Waals surface area contributed by atoms with Crippen molar-refractivity contribution in [1.29, 1.82) is 0 Å². The Balaban J connectivity index is 1.24. The van der Waals surface area contributed by atoms with Crippen molar-refractivity contribution in [3.63, 3.8) is 0 Å². The van der Waals surface area contributed by atoms with Crippen molar-refractivity contribution in [1.82, 2.24) is 29.3 Å². The molecule has 0 spiro atoms. The lowest BCUT2D eigenvalue weighted by Gasteiger charge is -2.11. The number of hydrogen-bond acceptors (Lipinski definition) is 6. The summed E-state index contributed by atoms with van der Waals surface area (Å²) in [6.45, 7) is 0. The summed E-state index contributed by atoms with van der Waals surface area (Å²) in [5.74, 6) is 2.79. The third-order valence-corrected chi connectivity index (χ3v) is 9.97. The van der Waals surface area contributed by atoms with E-state index in [1.54, 1.807) is 11.3 Å². The van der Waals surface area contributed by atoms with Crippen LogP contribution in [-0.4, -0.2) is 29.3 Å². The summed E-state index contributed by atoms with van der Waals surface area (Å²) in [4.78, 5) is 25.4. The van der Waals surface area contributed by atoms with Crippen LogP contribution in [0.25, 0.3) is 93.3 Å². The molecule has 0 atom stereocenters. The Morgan fingerprint density at radius 3 is 1.88 bits per heavy atom. The van der Waals surface area contributed by atoms with Gasteiger partial charge in [-0.25, -0.2) is 24.9 Å². The van der Waals surface area contributed by atoms with E-state index in [4.69, 9.17) is 24.9 Å². The van der Waals surface area contributed by atoms with Crippen molar-refractivity contribution in [2.45, 2.75) is 0 Å². The monoisotopic (exact) mass is 632 g/mol. The average molecular weight is 633 g/mol. The first kappa shape index (κ1) is 26.9. The highest BCUT2D eigenvalue weighted by molar-refractivity contribution is 7.26. The number of nitrogens with zero attached hydrogens (tertiary/aromatic N) is 6. The Kier molecular flexibility index (Phi) is 5.94. The van der Waals surface area contributed by atoms with Gasteiger partial charge in [0.2, 0.25) is 0 Å². The van der Waals surface area contributed by atoms with Gasteiger partial charge in [0, 0.05) is 47.8 Å². The van der Waals surface area contributed by atoms with Crippen LogP contribution in [0.5, 0.6) is 0 Å². The summed E-state index contributed by atoms with van der Waals surface area (Å²) in [7, 11) is 0. The summed E-state index contributed by atoms with van der Waals surface area (Å²) in [6, 6.07) is 49.7. The van der Waals surface area contributed by atoms with Gasteiger partial charge in [-0.3, -0.25) is 4.40 Å². The number of rotatable bonds is 4. The Morgan fingerprint density at radius 1 is 0.438 bits per heavy atom. The summed E-state index contributed by atoms with van der Waals surface area (Å²) >= 11 is 1.78. The lowest BCUT2D eigenvalue weighted by molar-refractivity contribution is 1.08. The molecule has 10 rings (SSSR count). The molecule has 0 fully saturated rings. The minimum absolute atomic E-state index is 0.644. The molecule has 7 heteroatoms. The number of hydrogen-bond donors (Lipinski definition) is 0. The van der Waals surface area contributed by atoms with Crippen LogP contribution in [0.2, 0.25) is 0 Å². The molecule has 0 amide bonds. The topological polar surface area (TPSA) is 68.9 Å². The normalized spacial score (nSPS) is 11.8. The van der Waals surface area contributed by atoms with Gasteiger partial charge in [-0.15, -0.1) is 11.3 Å². The molecule has 0 unspecified atom stereocenters. The largest absolute Gasteiger partial charge is 0.276 e. The third-order valence-electron chi connectivity index (χ3n) is 8.84. The van der Waals surface area contributed by atoms with Gasteiger partial charge in [0.05, 0.1) is 16.6 Å². The minimum Gasteiger partial charge on any atom is -0.276 e. The van der Waals surface area contributed by atoms with Gasteiger partial charge in [-0.05, 0) is 48.5 Å². The molecule has 4 heterocycles. The average Bonchev–Trinajstić information content (AvgIpc) is 3.74. The molecule has 10 aromatic rings. The molecule has 0 saturated carbocycles. The van der Waals surface area contributed by atoms with Gasteiger partial charge in [0.1, 0.15) is 11.5 Å². The predicted octanol–water partition coefficient (Wildman–Crippen LogP) is 10.3. The predicted molar refractivity (Wildman–Crippen MR) is 196 cm³/mol. The maximum atomic E-state index is 5.23. The van der Waals surface area contributed by atoms with E-state index in [2.05, 4.69) is 71.1 Å². The molecule has 0 aliphatic rings. The number of imidazole rings is 1. The fraction of sp³-hybridized carbons (Fsp3) is 0. The van der Waals surface area contributed by atoms with Crippen molar-refractivity contribution in [3.8, 4) is 45.6 Å². The number of fused-ring (bicyclic) bond motifs is 8. The Labute approximate surface area is 278 Å². The van der Waals surface area contributed by atoms with E-state index in [9.17, 15) is 0 Å². The van der Waals surface area contributed by atoms with Gasteiger partial charge in [-0.1, -0.05) is 97.1 Å². The van der Waals surface area contributed by atoms with Gasteiger partial charge in [0.25, 0.3) is 0 Å². The van der Waals surface area contributed by atoms with Crippen LogP contribution in [-0.2, 0) is 0 Å². The van der Waals surface area contributed by atoms with Crippen molar-refractivity contribution in [2.24, 2.45) is 0 Å². The lowest BCUT2D eigenvalue weighted by Crippen LogP contribution is -2.00. The van der Waals surface area contributed by atoms with E-state index in [-0.39, 0.29) is 0 Å². The maximum absolute atomic E-state index is 5.23. The van der Waals surface area contributed by atoms with E-state index in [0.717, 1.165) is 66.4 Å². The molecule has 0 radical (unpaired) electrons. The quantitative estimate of drug-likeness (QED) is 0.193. The first-order valence-corrected chi connectivity index (χ1v) is 16.6. The lowest BCUT2D eigenvalue weighted by atomic mass is 10.0. The van der Waals surface area contributed by atoms with E-state index in [0.29, 0.717) is 17.5 Å². The Hall–Kier alpha value is -6.31. The van der Waals surface area contributed by atoms with E-state index in [1.807, 2.05) is 78.9 Å². The van der Waals surface area contributed by atoms with Crippen LogP contribution in [0.15, 0.2) is 146 Å². The standard InChI is InChI=1S/C41H24N6S/c1-3-12-25(13-4-1)37-44-38(26-14-5-2-6-15-26)46-39(45-37)29-17-11-21-35-36(29)30-24-27(22-23-34(30)48-35)40-42-31-18-8-7-16-28(31)41-43-32-19-9-10-20-33(32)47(40)41/h1-24H. The van der Waals surface area contributed by atoms with Gasteiger partial charge in [0.15, 0.2) is 17.5 Å². The highest BCUT2D eigenvalue weighted by Gasteiger charge is 2.19. The molecular formula is C41H24N6S. The first-order valence-electron chi connectivity index (χ1n) is 15.8. The Bertz CT molecular complexity index is 2780. The molecule has 0 saturated heterocycles. The highest BCUT2D eigenvalue weighted by Crippen LogP contribution is 2.41. The number of thiophene rings is 1. The van der Waals surface area contributed by atoms with Crippen molar-refractivity contribution in [3.05, 3.63) is 146 Å². The molecule has 0 aliphatic carbocycles. The van der Waals surface area contributed by atoms with Crippen LogP contribution in [0.1, 0.15) is 0 Å². The van der Waals surface area contributed by atoms with Crippen LogP contribution in [0.3, 0.4) is 0 Å². The smallest absolute Gasteiger partial charge is 0.164 e. The van der Waals surface area contributed by atoms with Crippen LogP contribution in [0.4, 0.5) is 0 Å². The number of benzene rings is 6. The molecule has 224 valence electrons. The third kappa shape index (κ3) is 4.22. The number of aromatic nitrogens is 6. The Morgan fingerprint density at radius 2 is 1.10 bits per heavy atom. The summed E-state index contributed by atoms with van der Waals surface area (Å²) in [5.41, 5.74) is 7.67. The van der Waals surface area contributed by atoms with E-state index < -0.39 is 0 Å². The fourth-order valence-electron chi connectivity index (χ4n) is 6.62. The van der Waals surface area contributed by atoms with E-state index >= 15 is 0 Å². The SMILES string of the molecule is c1ccc(-c2nc(-c3ccccc3)nc(-c3cccc4sc5ccc(-c6nc7ccccc7c7nc8ccccc8n67)cc5c34)n2)cc1. The second kappa shape index (κ2) is 10.6. The molecule has 0 aliphatic heterocycles. The minimum atomic E-state index is 0.644. The van der Waals surface area contributed by atoms with Crippen molar-refractivity contribution in [2.75, 3.05) is 0 Å². The molecule has 0 bridgehead atoms. The van der Waals surface area contributed by atoms with Crippen LogP contribution in [0, 0.1) is 0 Å². The summed E-state index contributed by atoms with van der Waals surface area (Å²) in [6.07, 6.45) is 0. The molecular weight excluding hydrogens is 609 g/mol. The molecule has 4 aromatic heterocycles. The van der Waals surface area contributed by atoms with Gasteiger partial charge < -0.3 is 0 Å². The van der Waals surface area contributed by atoms with Crippen molar-refractivity contribution >= 4 is 59.1 Å². The molecule has 6 nitrogen and oxygen atoms in total. The molecule has 48 heavy (non-hydrogen) atoms. The zero-order valence-electron chi connectivity index (χ0n) is 25.4. The van der Waals surface area contributed by atoms with Crippen molar-refractivity contribution < 1.29 is 0 Å². The molecule has 6 aromatic carbocycles. The fourth-order valence-corrected chi connectivity index (χ4v) is 7.73. The number of para-hydroxylation sites is 3. The van der Waals surface area contributed by atoms with Crippen LogP contribution >= 0.6 is 11.3 Å². The second-order valence-electron chi connectivity index (χ2n) is 11.7. The summed E-state index contributed by atoms with van der Waals surface area (Å²) in [5, 5.41) is 3.29. The van der Waals surface area contributed by atoms with Gasteiger partial charge in [-0.2, -0.15) is 0 Å². The highest BCUT2D eigenvalue weighted by atomic mass is 32.1. The van der Waals surface area contributed by atoms with E-state index in [1.165, 1.54) is 9.40 Å². The second-order valence-corrected chi connectivity index (χ2v) is 12.8. The first-order chi connectivity index (χ1) is 23.8. The summed E-state index contributed by atoms with van der Waals surface area (Å²) < 4.78 is 4.56. The molecule has 0 N–H and O–H groups in total. The van der Waals surface area contributed by atoms with Crippen LogP contribution < -0.4 is 0 Å².